The largest absolute Gasteiger partial charge is 0.478 e. The number of hydrogen-bond donors (Lipinski definition) is 3. The van der Waals surface area contributed by atoms with Gasteiger partial charge < -0.3 is 21.1 Å². The van der Waals surface area contributed by atoms with Crippen LogP contribution in [0.15, 0.2) is 21.7 Å². The predicted octanol–water partition coefficient (Wildman–Crippen LogP) is 2.34. The van der Waals surface area contributed by atoms with E-state index in [0.29, 0.717) is 0 Å². The number of thioether (sulfide) groups is 1. The number of nitrogens with zero attached hydrogens (tertiary/aromatic N) is 1. The van der Waals surface area contributed by atoms with Crippen molar-refractivity contribution in [3.05, 3.63) is 21.7 Å². The summed E-state index contributed by atoms with van der Waals surface area (Å²) in [6.07, 6.45) is 10.6. The number of carboxylic acids is 1. The van der Waals surface area contributed by atoms with Crippen LogP contribution in [0.5, 0.6) is 0 Å². The van der Waals surface area contributed by atoms with E-state index in [2.05, 4.69) is 10.2 Å². The molecule has 1 saturated carbocycles. The van der Waals surface area contributed by atoms with Gasteiger partial charge in [0.25, 0.3) is 0 Å². The van der Waals surface area contributed by atoms with E-state index in [1.54, 1.807) is 0 Å². The molecule has 158 valence electrons. The lowest BCUT2D eigenvalue weighted by molar-refractivity contribution is -0.137. The molecule has 0 radical (unpaired) electrons. The summed E-state index contributed by atoms with van der Waals surface area (Å²) in [7, 11) is 0. The molecule has 7 nitrogen and oxygen atoms in total. The standard InChI is InChI=1S/C21H29N3O4S/c22-18(25)19(26)23-20-16(21(27)28)15-13-7-4-10-24(11-13)14(17(15)29-20)9-8-12-5-2-1-3-6-12/h12-13,20H,1-11H2,(H2,22,25)(H,23,26)(H,27,28). The molecule has 3 aliphatic heterocycles. The second kappa shape index (κ2) is 8.42. The Labute approximate surface area is 175 Å². The molecule has 2 amide bonds. The third-order valence-corrected chi connectivity index (χ3v) is 8.02. The molecule has 4 rings (SSSR count). The summed E-state index contributed by atoms with van der Waals surface area (Å²) >= 11 is 1.37. The molecule has 0 aromatic rings. The van der Waals surface area contributed by atoms with Gasteiger partial charge in [0.1, 0.15) is 5.37 Å². The van der Waals surface area contributed by atoms with Gasteiger partial charge in [-0.25, -0.2) is 4.79 Å². The number of rotatable bonds is 5. The highest BCUT2D eigenvalue weighted by Gasteiger charge is 2.45. The smallest absolute Gasteiger partial charge is 0.334 e. The molecule has 2 bridgehead atoms. The van der Waals surface area contributed by atoms with Gasteiger partial charge >= 0.3 is 17.8 Å². The first kappa shape index (κ1) is 20.3. The lowest BCUT2D eigenvalue weighted by atomic mass is 9.81. The van der Waals surface area contributed by atoms with E-state index in [-0.39, 0.29) is 11.5 Å². The number of amides is 2. The van der Waals surface area contributed by atoms with Crippen LogP contribution < -0.4 is 11.1 Å². The number of nitrogens with two attached hydrogens (primary N) is 1. The minimum Gasteiger partial charge on any atom is -0.478 e. The van der Waals surface area contributed by atoms with Crippen LogP contribution in [0.1, 0.15) is 57.8 Å². The molecule has 3 heterocycles. The number of carbonyl (C=O) groups excluding carboxylic acids is 2. The highest BCUT2D eigenvalue weighted by molar-refractivity contribution is 8.04. The first-order valence-electron chi connectivity index (χ1n) is 10.7. The molecule has 2 unspecified atom stereocenters. The number of nitrogens with one attached hydrogen (secondary N) is 1. The molecule has 2 atom stereocenters. The Hall–Kier alpha value is -1.96. The molecule has 1 aliphatic carbocycles. The van der Waals surface area contributed by atoms with E-state index in [9.17, 15) is 19.5 Å². The van der Waals surface area contributed by atoms with Crippen LogP contribution in [0.4, 0.5) is 0 Å². The third-order valence-electron chi connectivity index (χ3n) is 6.74. The summed E-state index contributed by atoms with van der Waals surface area (Å²) < 4.78 is 0. The van der Waals surface area contributed by atoms with Crippen LogP contribution in [-0.2, 0) is 14.4 Å². The van der Waals surface area contributed by atoms with Crippen molar-refractivity contribution in [3.63, 3.8) is 0 Å². The number of primary amides is 1. The minimum atomic E-state index is -1.09. The molecule has 2 fully saturated rings. The Balaban J connectivity index is 1.65. The van der Waals surface area contributed by atoms with E-state index in [1.807, 2.05) is 0 Å². The third kappa shape index (κ3) is 4.04. The number of fused-ring (bicyclic) bond motifs is 4. The summed E-state index contributed by atoms with van der Waals surface area (Å²) in [5, 5.41) is 11.7. The summed E-state index contributed by atoms with van der Waals surface area (Å²) in [5.41, 5.74) is 7.42. The Bertz CT molecular complexity index is 785. The van der Waals surface area contributed by atoms with Crippen molar-refractivity contribution in [2.24, 2.45) is 17.6 Å². The second-order valence-corrected chi connectivity index (χ2v) is 9.69. The lowest BCUT2D eigenvalue weighted by Gasteiger charge is -2.42. The maximum Gasteiger partial charge on any atom is 0.334 e. The average Bonchev–Trinajstić information content (AvgIpc) is 3.08. The van der Waals surface area contributed by atoms with Crippen LogP contribution in [0.2, 0.25) is 0 Å². The zero-order valence-electron chi connectivity index (χ0n) is 16.6. The zero-order chi connectivity index (χ0) is 20.5. The number of hydrogen-bond acceptors (Lipinski definition) is 5. The van der Waals surface area contributed by atoms with Crippen LogP contribution in [0.3, 0.4) is 0 Å². The van der Waals surface area contributed by atoms with Crippen LogP contribution >= 0.6 is 11.8 Å². The number of allylic oxidation sites excluding steroid dienone is 2. The van der Waals surface area contributed by atoms with Gasteiger partial charge in [-0.05, 0) is 37.2 Å². The van der Waals surface area contributed by atoms with Gasteiger partial charge in [0.15, 0.2) is 0 Å². The Morgan fingerprint density at radius 1 is 1.14 bits per heavy atom. The molecule has 1 saturated heterocycles. The van der Waals surface area contributed by atoms with Gasteiger partial charge in [-0.2, -0.15) is 0 Å². The fourth-order valence-electron chi connectivity index (χ4n) is 5.34. The first-order valence-corrected chi connectivity index (χ1v) is 11.6. The normalized spacial score (nSPS) is 27.1. The molecule has 29 heavy (non-hydrogen) atoms. The summed E-state index contributed by atoms with van der Waals surface area (Å²) in [6.45, 7) is 1.86. The van der Waals surface area contributed by atoms with Crippen molar-refractivity contribution >= 4 is 29.5 Å². The number of carboxylic acid groups (broad SMARTS) is 1. The highest BCUT2D eigenvalue weighted by atomic mass is 32.2. The molecular weight excluding hydrogens is 390 g/mol. The summed E-state index contributed by atoms with van der Waals surface area (Å²) in [5.74, 6) is -2.13. The maximum atomic E-state index is 12.1. The van der Waals surface area contributed by atoms with Gasteiger partial charge in [-0.3, -0.25) is 9.59 Å². The average molecular weight is 420 g/mol. The Morgan fingerprint density at radius 2 is 1.90 bits per heavy atom. The second-order valence-electron chi connectivity index (χ2n) is 8.57. The van der Waals surface area contributed by atoms with Gasteiger partial charge in [0.2, 0.25) is 0 Å². The van der Waals surface area contributed by atoms with Crippen LogP contribution in [0.25, 0.3) is 0 Å². The van der Waals surface area contributed by atoms with E-state index in [1.165, 1.54) is 49.6 Å². The molecule has 4 N–H and O–H groups in total. The van der Waals surface area contributed by atoms with Gasteiger partial charge in [0.05, 0.1) is 5.57 Å². The Kier molecular flexibility index (Phi) is 5.90. The molecule has 8 heteroatoms. The van der Waals surface area contributed by atoms with Crippen molar-refractivity contribution in [3.8, 4) is 0 Å². The fraction of sp³-hybridized carbons (Fsp3) is 0.667. The quantitative estimate of drug-likeness (QED) is 0.590. The number of piperidine rings is 1. The molecular formula is C21H29N3O4S. The van der Waals surface area contributed by atoms with Crippen LogP contribution in [0, 0.1) is 11.8 Å². The highest BCUT2D eigenvalue weighted by Crippen LogP contribution is 2.52. The molecule has 4 aliphatic rings. The minimum absolute atomic E-state index is 0.172. The Morgan fingerprint density at radius 3 is 2.59 bits per heavy atom. The van der Waals surface area contributed by atoms with Gasteiger partial charge in [0, 0.05) is 29.6 Å². The monoisotopic (exact) mass is 419 g/mol. The molecule has 0 aromatic carbocycles. The van der Waals surface area contributed by atoms with E-state index >= 15 is 0 Å². The fourth-order valence-corrected chi connectivity index (χ4v) is 6.86. The van der Waals surface area contributed by atoms with Crippen molar-refractivity contribution < 1.29 is 19.5 Å². The number of carbonyl (C=O) groups is 3. The summed E-state index contributed by atoms with van der Waals surface area (Å²) in [6, 6.07) is 0. The van der Waals surface area contributed by atoms with Crippen molar-refractivity contribution in [2.75, 3.05) is 13.1 Å². The molecule has 0 spiro atoms. The number of aliphatic carboxylic acids is 1. The topological polar surface area (TPSA) is 113 Å². The van der Waals surface area contributed by atoms with E-state index < -0.39 is 23.2 Å². The van der Waals surface area contributed by atoms with Gasteiger partial charge in [-0.1, -0.05) is 43.9 Å². The SMILES string of the molecule is NC(=O)C(=O)NC1SC2=C(CCC3CCCCC3)N3CCCC(C3)C2=C1C(=O)O. The lowest BCUT2D eigenvalue weighted by Crippen LogP contribution is -2.42. The van der Waals surface area contributed by atoms with E-state index in [0.717, 1.165) is 55.2 Å². The summed E-state index contributed by atoms with van der Waals surface area (Å²) in [4.78, 5) is 38.7. The van der Waals surface area contributed by atoms with Gasteiger partial charge in [-0.15, -0.1) is 0 Å². The zero-order valence-corrected chi connectivity index (χ0v) is 17.4. The van der Waals surface area contributed by atoms with Crippen molar-refractivity contribution in [1.29, 1.82) is 0 Å². The molecule has 0 aromatic heterocycles. The van der Waals surface area contributed by atoms with E-state index in [4.69, 9.17) is 5.73 Å². The maximum absolute atomic E-state index is 12.1. The van der Waals surface area contributed by atoms with Crippen molar-refractivity contribution in [1.82, 2.24) is 10.2 Å². The van der Waals surface area contributed by atoms with Crippen LogP contribution in [-0.4, -0.2) is 46.3 Å². The predicted molar refractivity (Wildman–Crippen MR) is 111 cm³/mol. The first-order chi connectivity index (χ1) is 14.0. The van der Waals surface area contributed by atoms with Crippen molar-refractivity contribution in [2.45, 2.75) is 63.2 Å².